The summed E-state index contributed by atoms with van der Waals surface area (Å²) < 4.78 is 75.7. The Morgan fingerprint density at radius 3 is 2.71 bits per heavy atom. The first-order valence-electron chi connectivity index (χ1n) is 10.1. The Morgan fingerprint density at radius 2 is 2.03 bits per heavy atom. The second-order valence-electron chi connectivity index (χ2n) is 8.16. The maximum absolute atomic E-state index is 13.6. The van der Waals surface area contributed by atoms with Crippen LogP contribution in [0.1, 0.15) is 40.8 Å². The molecule has 12 heteroatoms. The molecule has 3 heterocycles. The van der Waals surface area contributed by atoms with E-state index < -0.39 is 39.3 Å². The molecule has 3 aromatic rings. The highest BCUT2D eigenvalue weighted by atomic mass is 32.2. The first kappa shape index (κ1) is 23.8. The van der Waals surface area contributed by atoms with Crippen molar-refractivity contribution in [3.8, 4) is 5.75 Å². The van der Waals surface area contributed by atoms with E-state index in [-0.39, 0.29) is 28.6 Å². The number of alkyl halides is 2. The minimum atomic E-state index is -4.14. The van der Waals surface area contributed by atoms with Crippen LogP contribution < -0.4 is 14.8 Å². The van der Waals surface area contributed by atoms with Gasteiger partial charge in [0.25, 0.3) is 12.3 Å². The van der Waals surface area contributed by atoms with E-state index in [2.05, 4.69) is 15.0 Å². The van der Waals surface area contributed by atoms with Gasteiger partial charge in [0.05, 0.1) is 11.3 Å². The molecule has 34 heavy (non-hydrogen) atoms. The molecule has 2 N–H and O–H groups in total. The van der Waals surface area contributed by atoms with E-state index in [1.807, 2.05) is 0 Å². The maximum Gasteiger partial charge on any atom is 0.276 e. The van der Waals surface area contributed by atoms with Gasteiger partial charge < -0.3 is 14.6 Å². The quantitative estimate of drug-likeness (QED) is 0.577. The number of halogens is 3. The second-order valence-corrected chi connectivity index (χ2v) is 9.81. The number of benzene rings is 1. The molecule has 0 saturated heterocycles. The molecular formula is C22H21F3N4O4S. The van der Waals surface area contributed by atoms with Gasteiger partial charge >= 0.3 is 0 Å². The molecule has 0 aliphatic carbocycles. The van der Waals surface area contributed by atoms with Crippen molar-refractivity contribution in [2.45, 2.75) is 30.7 Å². The average molecular weight is 494 g/mol. The molecule has 4 rings (SSSR count). The van der Waals surface area contributed by atoms with Crippen LogP contribution >= 0.6 is 0 Å². The molecule has 1 aromatic carbocycles. The number of hydrogen-bond acceptors (Lipinski definition) is 5. The van der Waals surface area contributed by atoms with Crippen LogP contribution in [0, 0.1) is 12.7 Å². The molecule has 0 saturated carbocycles. The zero-order valence-electron chi connectivity index (χ0n) is 18.4. The number of nitrogens with one attached hydrogen (secondary N) is 2. The van der Waals surface area contributed by atoms with Crippen LogP contribution in [-0.4, -0.2) is 30.5 Å². The minimum absolute atomic E-state index is 0.0833. The van der Waals surface area contributed by atoms with E-state index in [0.29, 0.717) is 11.4 Å². The SMILES string of the molecule is Cc1cccc(C2(C)COc3c(cn(C)c3C(=O)Nc3ccc(F)c(C(F)F)c3)S(=O)(=O)N2)n1. The third-order valence-electron chi connectivity index (χ3n) is 5.41. The van der Waals surface area contributed by atoms with Gasteiger partial charge in [-0.25, -0.2) is 21.6 Å². The summed E-state index contributed by atoms with van der Waals surface area (Å²) in [6, 6.07) is 7.93. The van der Waals surface area contributed by atoms with Gasteiger partial charge in [0.2, 0.25) is 10.0 Å². The number of rotatable bonds is 4. The summed E-state index contributed by atoms with van der Waals surface area (Å²) in [5.41, 5.74) is -1.21. The third kappa shape index (κ3) is 4.26. The summed E-state index contributed by atoms with van der Waals surface area (Å²) in [6.45, 7) is 3.21. The highest BCUT2D eigenvalue weighted by molar-refractivity contribution is 7.89. The number of aromatic nitrogens is 2. The number of carbonyl (C=O) groups excluding carboxylic acids is 1. The molecule has 1 unspecified atom stereocenters. The Labute approximate surface area is 193 Å². The molecule has 180 valence electrons. The van der Waals surface area contributed by atoms with Crippen molar-refractivity contribution in [3.05, 3.63) is 71.1 Å². The first-order chi connectivity index (χ1) is 15.9. The fraction of sp³-hybridized carbons (Fsp3) is 0.273. The van der Waals surface area contributed by atoms with Crippen LogP contribution in [0.25, 0.3) is 0 Å². The van der Waals surface area contributed by atoms with Crippen molar-refractivity contribution < 1.29 is 31.1 Å². The Balaban J connectivity index is 1.70. The molecule has 1 aliphatic heterocycles. The van der Waals surface area contributed by atoms with Gasteiger partial charge in [0.15, 0.2) is 11.4 Å². The van der Waals surface area contributed by atoms with Gasteiger partial charge in [-0.1, -0.05) is 6.07 Å². The van der Waals surface area contributed by atoms with Crippen LogP contribution in [0.15, 0.2) is 47.5 Å². The number of nitrogens with zero attached hydrogens (tertiary/aromatic N) is 2. The molecule has 2 aromatic heterocycles. The van der Waals surface area contributed by atoms with Gasteiger partial charge in [0, 0.05) is 24.6 Å². The minimum Gasteiger partial charge on any atom is -0.487 e. The van der Waals surface area contributed by atoms with Crippen molar-refractivity contribution in [2.75, 3.05) is 11.9 Å². The van der Waals surface area contributed by atoms with E-state index in [0.717, 1.165) is 18.2 Å². The lowest BCUT2D eigenvalue weighted by molar-refractivity contribution is 0.101. The summed E-state index contributed by atoms with van der Waals surface area (Å²) in [5, 5.41) is 2.40. The monoisotopic (exact) mass is 494 g/mol. The number of hydrogen-bond donors (Lipinski definition) is 2. The van der Waals surface area contributed by atoms with E-state index in [1.165, 1.54) is 17.8 Å². The molecule has 0 radical (unpaired) electrons. The molecular weight excluding hydrogens is 473 g/mol. The number of pyridine rings is 1. The summed E-state index contributed by atoms with van der Waals surface area (Å²) in [5.74, 6) is -2.12. The van der Waals surface area contributed by atoms with Gasteiger partial charge in [-0.15, -0.1) is 0 Å². The number of ether oxygens (including phenoxy) is 1. The van der Waals surface area contributed by atoms with Crippen LogP contribution in [0.5, 0.6) is 5.75 Å². The lowest BCUT2D eigenvalue weighted by Gasteiger charge is -2.27. The summed E-state index contributed by atoms with van der Waals surface area (Å²) in [7, 11) is -2.70. The summed E-state index contributed by atoms with van der Waals surface area (Å²) in [6.07, 6.45) is -1.85. The maximum atomic E-state index is 13.6. The van der Waals surface area contributed by atoms with Crippen LogP contribution in [-0.2, 0) is 22.6 Å². The summed E-state index contributed by atoms with van der Waals surface area (Å²) >= 11 is 0. The molecule has 0 bridgehead atoms. The lowest BCUT2D eigenvalue weighted by atomic mass is 9.99. The van der Waals surface area contributed by atoms with Crippen LogP contribution in [0.3, 0.4) is 0 Å². The molecule has 1 amide bonds. The first-order valence-corrected chi connectivity index (χ1v) is 11.6. The Bertz CT molecular complexity index is 1390. The van der Waals surface area contributed by atoms with Gasteiger partial charge in [-0.05, 0) is 44.2 Å². The normalized spacial score (nSPS) is 19.3. The van der Waals surface area contributed by atoms with Crippen molar-refractivity contribution in [2.24, 2.45) is 7.05 Å². The number of sulfonamides is 1. The number of anilines is 1. The van der Waals surface area contributed by atoms with Crippen molar-refractivity contribution in [1.82, 2.24) is 14.3 Å². The highest BCUT2D eigenvalue weighted by Crippen LogP contribution is 2.37. The number of amides is 1. The lowest BCUT2D eigenvalue weighted by Crippen LogP contribution is -2.46. The van der Waals surface area contributed by atoms with Crippen molar-refractivity contribution in [1.29, 1.82) is 0 Å². The van der Waals surface area contributed by atoms with E-state index in [9.17, 15) is 26.4 Å². The molecule has 0 spiro atoms. The average Bonchev–Trinajstić information content (AvgIpc) is 3.05. The van der Waals surface area contributed by atoms with Gasteiger partial charge in [0.1, 0.15) is 22.9 Å². The van der Waals surface area contributed by atoms with E-state index in [4.69, 9.17) is 4.74 Å². The molecule has 8 nitrogen and oxygen atoms in total. The predicted molar refractivity (Wildman–Crippen MR) is 117 cm³/mol. The van der Waals surface area contributed by atoms with Crippen LogP contribution in [0.2, 0.25) is 0 Å². The van der Waals surface area contributed by atoms with E-state index >= 15 is 0 Å². The smallest absolute Gasteiger partial charge is 0.276 e. The van der Waals surface area contributed by atoms with Crippen molar-refractivity contribution >= 4 is 21.6 Å². The largest absolute Gasteiger partial charge is 0.487 e. The molecule has 0 fully saturated rings. The van der Waals surface area contributed by atoms with Crippen molar-refractivity contribution in [3.63, 3.8) is 0 Å². The summed E-state index contributed by atoms with van der Waals surface area (Å²) in [4.78, 5) is 17.2. The Morgan fingerprint density at radius 1 is 1.29 bits per heavy atom. The van der Waals surface area contributed by atoms with Gasteiger partial charge in [-0.2, -0.15) is 4.72 Å². The highest BCUT2D eigenvalue weighted by Gasteiger charge is 2.42. The zero-order valence-corrected chi connectivity index (χ0v) is 19.2. The second kappa shape index (κ2) is 8.44. The molecule has 1 aliphatic rings. The van der Waals surface area contributed by atoms with E-state index in [1.54, 1.807) is 32.0 Å². The zero-order chi connectivity index (χ0) is 24.8. The topological polar surface area (TPSA) is 102 Å². The fourth-order valence-corrected chi connectivity index (χ4v) is 5.29. The molecule has 1 atom stereocenters. The third-order valence-corrected chi connectivity index (χ3v) is 7.00. The fourth-order valence-electron chi connectivity index (χ4n) is 3.72. The number of fused-ring (bicyclic) bond motifs is 1. The predicted octanol–water partition coefficient (Wildman–Crippen LogP) is 3.64. The van der Waals surface area contributed by atoms with Crippen LogP contribution in [0.4, 0.5) is 18.9 Å². The standard InChI is InChI=1S/C22H21F3N4O4S/c1-12-5-4-6-17(26-12)22(2)11-33-19-16(34(31,32)28-22)10-29(3)18(19)21(30)27-13-7-8-15(23)14(9-13)20(24)25/h4-10,20,28H,11H2,1-3H3,(H,27,30). The number of carbonyl (C=O) groups is 1. The number of aryl methyl sites for hydroxylation is 2. The van der Waals surface area contributed by atoms with Gasteiger partial charge in [-0.3, -0.25) is 9.78 Å². The Hall–Kier alpha value is -3.38. The Kier molecular flexibility index (Phi) is 5.90.